The molecule has 8 heteroatoms. The van der Waals surface area contributed by atoms with E-state index in [-0.39, 0.29) is 34.8 Å². The molecule has 2 fully saturated rings. The average molecular weight is 589 g/mol. The molecule has 0 atom stereocenters. The molecule has 2 aliphatic rings. The first kappa shape index (κ1) is 29.8. The number of benzene rings is 2. The molecule has 0 amide bonds. The van der Waals surface area contributed by atoms with E-state index in [1.807, 2.05) is 29.0 Å². The van der Waals surface area contributed by atoms with Gasteiger partial charge in [0.2, 0.25) is 0 Å². The van der Waals surface area contributed by atoms with Gasteiger partial charge in [0.05, 0.1) is 23.7 Å². The summed E-state index contributed by atoms with van der Waals surface area (Å²) in [7, 11) is 1.39. The Morgan fingerprint density at radius 3 is 2.50 bits per heavy atom. The standard InChI is InChI=1S/C34H37ClN2O5/c1-32(2)29(33(3,4)30(32)42-25-13-12-23(20-36)27(35)19-25)37-21-24-18-22(11-14-26(24)28(37)38)10-8-6-7-9-17-41-34(15-16-34)31(39)40-5/h11-14,18-19,21,29-30,38H,6-7,9,15-17H2,1-5H3. The highest BCUT2D eigenvalue weighted by molar-refractivity contribution is 6.31. The van der Waals surface area contributed by atoms with E-state index < -0.39 is 5.60 Å². The Hall–Kier alpha value is -3.65. The lowest BCUT2D eigenvalue weighted by Crippen LogP contribution is -2.66. The molecular weight excluding hydrogens is 552 g/mol. The third-order valence-electron chi connectivity index (χ3n) is 8.74. The molecule has 0 spiro atoms. The summed E-state index contributed by atoms with van der Waals surface area (Å²) in [5.41, 5.74) is -0.00747. The lowest BCUT2D eigenvalue weighted by atomic mass is 9.49. The quantitative estimate of drug-likeness (QED) is 0.162. The molecule has 2 aromatic carbocycles. The van der Waals surface area contributed by atoms with Gasteiger partial charge in [-0.05, 0) is 56.0 Å². The van der Waals surface area contributed by atoms with Crippen molar-refractivity contribution in [3.63, 3.8) is 0 Å². The van der Waals surface area contributed by atoms with Gasteiger partial charge in [-0.2, -0.15) is 5.26 Å². The fourth-order valence-corrected chi connectivity index (χ4v) is 7.09. The Kier molecular flexibility index (Phi) is 7.96. The molecule has 0 radical (unpaired) electrons. The predicted molar refractivity (Wildman–Crippen MR) is 161 cm³/mol. The molecule has 0 saturated heterocycles. The van der Waals surface area contributed by atoms with Gasteiger partial charge in [-0.1, -0.05) is 51.1 Å². The van der Waals surface area contributed by atoms with Gasteiger partial charge in [-0.3, -0.25) is 0 Å². The largest absolute Gasteiger partial charge is 0.494 e. The normalized spacial score (nSPS) is 21.0. The van der Waals surface area contributed by atoms with Crippen LogP contribution in [0.15, 0.2) is 42.6 Å². The number of nitrogens with zero attached hydrogens (tertiary/aromatic N) is 2. The zero-order valence-corrected chi connectivity index (χ0v) is 25.5. The van der Waals surface area contributed by atoms with Gasteiger partial charge in [-0.15, -0.1) is 0 Å². The van der Waals surface area contributed by atoms with E-state index in [0.717, 1.165) is 48.4 Å². The van der Waals surface area contributed by atoms with E-state index in [4.69, 9.17) is 25.8 Å². The summed E-state index contributed by atoms with van der Waals surface area (Å²) in [5, 5.41) is 22.5. The van der Waals surface area contributed by atoms with Gasteiger partial charge in [0.1, 0.15) is 17.9 Å². The smallest absolute Gasteiger partial charge is 0.338 e. The highest BCUT2D eigenvalue weighted by Crippen LogP contribution is 2.64. The van der Waals surface area contributed by atoms with Crippen molar-refractivity contribution in [2.45, 2.75) is 77.5 Å². The van der Waals surface area contributed by atoms with Crippen LogP contribution >= 0.6 is 11.6 Å². The van der Waals surface area contributed by atoms with Crippen molar-refractivity contribution in [3.8, 4) is 29.5 Å². The highest BCUT2D eigenvalue weighted by atomic mass is 35.5. The maximum absolute atomic E-state index is 11.8. The maximum Gasteiger partial charge on any atom is 0.338 e. The molecule has 1 heterocycles. The fourth-order valence-electron chi connectivity index (χ4n) is 6.88. The maximum atomic E-state index is 11.8. The van der Waals surface area contributed by atoms with Crippen LogP contribution < -0.4 is 4.74 Å². The monoisotopic (exact) mass is 588 g/mol. The molecule has 1 N–H and O–H groups in total. The Bertz CT molecular complexity index is 1600. The lowest BCUT2D eigenvalue weighted by molar-refractivity contribution is -0.188. The number of carbonyl (C=O) groups is 1. The minimum absolute atomic E-state index is 0.0260. The average Bonchev–Trinajstić information content (AvgIpc) is 3.68. The van der Waals surface area contributed by atoms with Crippen LogP contribution in [0.25, 0.3) is 10.8 Å². The van der Waals surface area contributed by atoms with Crippen molar-refractivity contribution < 1.29 is 24.1 Å². The second-order valence-corrected chi connectivity index (χ2v) is 13.0. The SMILES string of the molecule is COC(=O)C1(OCCCCC#Cc2ccc3c(O)n(C4C(C)(C)C(Oc5ccc(C#N)c(Cl)c5)C4(C)C)cc3c2)CC1. The number of hydrogen-bond donors (Lipinski definition) is 1. The van der Waals surface area contributed by atoms with E-state index in [0.29, 0.717) is 22.9 Å². The van der Waals surface area contributed by atoms with E-state index in [9.17, 15) is 15.2 Å². The molecule has 7 nitrogen and oxygen atoms in total. The van der Waals surface area contributed by atoms with Crippen molar-refractivity contribution in [3.05, 3.63) is 58.7 Å². The minimum Gasteiger partial charge on any atom is -0.494 e. The van der Waals surface area contributed by atoms with Crippen LogP contribution in [0.5, 0.6) is 11.6 Å². The van der Waals surface area contributed by atoms with Crippen molar-refractivity contribution in [1.82, 2.24) is 4.57 Å². The Labute approximate surface area is 252 Å². The third kappa shape index (κ3) is 5.33. The summed E-state index contributed by atoms with van der Waals surface area (Å²) >= 11 is 6.24. The number of nitriles is 1. The van der Waals surface area contributed by atoms with Gasteiger partial charge < -0.3 is 23.9 Å². The van der Waals surface area contributed by atoms with Crippen LogP contribution in [0.2, 0.25) is 5.02 Å². The van der Waals surface area contributed by atoms with Crippen LogP contribution in [0.1, 0.15) is 77.0 Å². The Morgan fingerprint density at radius 2 is 1.86 bits per heavy atom. The number of hydrogen-bond acceptors (Lipinski definition) is 6. The zero-order valence-electron chi connectivity index (χ0n) is 24.8. The first-order chi connectivity index (χ1) is 19.9. The Balaban J connectivity index is 1.23. The third-order valence-corrected chi connectivity index (χ3v) is 9.05. The first-order valence-corrected chi connectivity index (χ1v) is 14.7. The minimum atomic E-state index is -0.699. The summed E-state index contributed by atoms with van der Waals surface area (Å²) < 4.78 is 19.0. The van der Waals surface area contributed by atoms with Crippen molar-refractivity contribution in [2.75, 3.05) is 13.7 Å². The van der Waals surface area contributed by atoms with Gasteiger partial charge in [-0.25, -0.2) is 4.79 Å². The van der Waals surface area contributed by atoms with Gasteiger partial charge >= 0.3 is 5.97 Å². The molecule has 3 aromatic rings. The number of rotatable bonds is 9. The second kappa shape index (κ2) is 11.2. The van der Waals surface area contributed by atoms with Crippen LogP contribution in [0.4, 0.5) is 0 Å². The molecule has 42 heavy (non-hydrogen) atoms. The number of aromatic hydroxyl groups is 1. The molecule has 220 valence electrons. The van der Waals surface area contributed by atoms with E-state index in [1.165, 1.54) is 7.11 Å². The van der Waals surface area contributed by atoms with Crippen molar-refractivity contribution >= 4 is 28.3 Å². The lowest BCUT2D eigenvalue weighted by Gasteiger charge is -2.63. The van der Waals surface area contributed by atoms with Gasteiger partial charge in [0, 0.05) is 52.5 Å². The summed E-state index contributed by atoms with van der Waals surface area (Å²) in [6.45, 7) is 9.10. The fraction of sp³-hybridized carbons (Fsp3) is 0.471. The topological polar surface area (TPSA) is 93.7 Å². The van der Waals surface area contributed by atoms with Crippen molar-refractivity contribution in [2.24, 2.45) is 10.8 Å². The van der Waals surface area contributed by atoms with Gasteiger partial charge in [0.25, 0.3) is 0 Å². The molecular formula is C34H37ClN2O5. The molecule has 2 saturated carbocycles. The number of esters is 1. The summed E-state index contributed by atoms with van der Waals surface area (Å²) in [5.74, 6) is 7.06. The molecule has 0 bridgehead atoms. The molecule has 1 aromatic heterocycles. The Morgan fingerprint density at radius 1 is 1.12 bits per heavy atom. The van der Waals surface area contributed by atoms with E-state index in [2.05, 4.69) is 45.6 Å². The number of fused-ring (bicyclic) bond motifs is 1. The number of ether oxygens (including phenoxy) is 3. The number of halogens is 1. The number of methoxy groups -OCH3 is 1. The number of aromatic nitrogens is 1. The zero-order chi connectivity index (χ0) is 30.3. The molecule has 2 aliphatic carbocycles. The number of carbonyl (C=O) groups excluding carboxylic acids is 1. The molecule has 5 rings (SSSR count). The number of unbranched alkanes of at least 4 members (excludes halogenated alkanes) is 2. The first-order valence-electron chi connectivity index (χ1n) is 14.4. The van der Waals surface area contributed by atoms with Crippen molar-refractivity contribution in [1.29, 1.82) is 5.26 Å². The van der Waals surface area contributed by atoms with Crippen LogP contribution in [-0.2, 0) is 14.3 Å². The predicted octanol–water partition coefficient (Wildman–Crippen LogP) is 7.17. The van der Waals surface area contributed by atoms with E-state index in [1.54, 1.807) is 18.2 Å². The van der Waals surface area contributed by atoms with Gasteiger partial charge in [0.15, 0.2) is 11.5 Å². The van der Waals surface area contributed by atoms with Crippen LogP contribution in [-0.4, -0.2) is 41.1 Å². The van der Waals surface area contributed by atoms with E-state index >= 15 is 0 Å². The summed E-state index contributed by atoms with van der Waals surface area (Å²) in [6.07, 6.45) is 5.77. The van der Waals surface area contributed by atoms with Crippen LogP contribution in [0, 0.1) is 34.0 Å². The molecule has 0 aliphatic heterocycles. The summed E-state index contributed by atoms with van der Waals surface area (Å²) in [6, 6.07) is 13.1. The second-order valence-electron chi connectivity index (χ2n) is 12.6. The van der Waals surface area contributed by atoms with Crippen LogP contribution in [0.3, 0.4) is 0 Å². The highest BCUT2D eigenvalue weighted by Gasteiger charge is 2.65. The summed E-state index contributed by atoms with van der Waals surface area (Å²) in [4.78, 5) is 11.8. The molecule has 0 unspecified atom stereocenters.